The van der Waals surface area contributed by atoms with Crippen LogP contribution in [0.15, 0.2) is 121 Å². The van der Waals surface area contributed by atoms with Gasteiger partial charge in [0.2, 0.25) is 11.8 Å². The van der Waals surface area contributed by atoms with E-state index in [0.29, 0.717) is 33.0 Å². The van der Waals surface area contributed by atoms with E-state index in [4.69, 9.17) is 11.6 Å². The van der Waals surface area contributed by atoms with Crippen LogP contribution in [0.2, 0.25) is 5.02 Å². The van der Waals surface area contributed by atoms with Crippen LogP contribution in [-0.2, 0) is 28.7 Å². The van der Waals surface area contributed by atoms with Crippen LogP contribution in [0.25, 0.3) is 11.1 Å². The van der Waals surface area contributed by atoms with Crippen molar-refractivity contribution in [2.75, 3.05) is 5.32 Å². The lowest BCUT2D eigenvalue weighted by atomic mass is 9.98. The first-order valence-electron chi connectivity index (χ1n) is 15.0. The van der Waals surface area contributed by atoms with Crippen molar-refractivity contribution in [1.29, 1.82) is 0 Å². The van der Waals surface area contributed by atoms with Crippen LogP contribution >= 0.6 is 11.6 Å². The zero-order valence-electron chi connectivity index (χ0n) is 25.8. The average Bonchev–Trinajstić information content (AvgIpc) is 3.07. The fraction of sp³-hybridized carbons (Fsp3) is 0.132. The third-order valence-electron chi connectivity index (χ3n) is 7.65. The van der Waals surface area contributed by atoms with E-state index in [9.17, 15) is 27.6 Å². The Hall–Kier alpha value is -5.41. The van der Waals surface area contributed by atoms with Crippen molar-refractivity contribution in [2.24, 2.45) is 0 Å². The Morgan fingerprint density at radius 2 is 1.48 bits per heavy atom. The Labute approximate surface area is 281 Å². The lowest BCUT2D eigenvalue weighted by Crippen LogP contribution is -2.40. The summed E-state index contributed by atoms with van der Waals surface area (Å²) in [5.41, 5.74) is 3.88. The van der Waals surface area contributed by atoms with Gasteiger partial charge in [-0.3, -0.25) is 14.4 Å². The highest BCUT2D eigenvalue weighted by molar-refractivity contribution is 6.30. The lowest BCUT2D eigenvalue weighted by Gasteiger charge is -2.19. The standard InChI is InChI=1S/C38H31ClF3N3O3/c1-24-20-26(23-43-37(48)35(28-9-3-2-4-10-28)45-34(46)22-25-8-7-11-30(39)21-25)14-19-33(24)44-36(47)32-13-6-5-12-31(32)27-15-17-29(18-16-27)38(40,41)42/h2-21,35H,22-23H2,1H3,(H,43,48)(H,44,47)(H,45,46). The van der Waals surface area contributed by atoms with Gasteiger partial charge in [-0.1, -0.05) is 96.5 Å². The maximum Gasteiger partial charge on any atom is 0.416 e. The molecule has 0 heterocycles. The van der Waals surface area contributed by atoms with Crippen molar-refractivity contribution in [2.45, 2.75) is 32.1 Å². The van der Waals surface area contributed by atoms with Crippen LogP contribution in [0.1, 0.15) is 44.2 Å². The molecule has 0 aliphatic heterocycles. The minimum Gasteiger partial charge on any atom is -0.350 e. The minimum atomic E-state index is -4.46. The summed E-state index contributed by atoms with van der Waals surface area (Å²) in [4.78, 5) is 39.6. The first kappa shape index (κ1) is 33.9. The molecular formula is C38H31ClF3N3O3. The molecule has 0 saturated carbocycles. The summed E-state index contributed by atoms with van der Waals surface area (Å²) < 4.78 is 39.2. The van der Waals surface area contributed by atoms with Gasteiger partial charge >= 0.3 is 6.18 Å². The monoisotopic (exact) mass is 669 g/mol. The van der Waals surface area contributed by atoms with Gasteiger partial charge in [-0.05, 0) is 76.7 Å². The number of anilines is 1. The number of benzene rings is 5. The van der Waals surface area contributed by atoms with E-state index in [-0.39, 0.29) is 18.9 Å². The largest absolute Gasteiger partial charge is 0.416 e. The van der Waals surface area contributed by atoms with Crippen molar-refractivity contribution < 1.29 is 27.6 Å². The number of carbonyl (C=O) groups is 3. The molecule has 0 saturated heterocycles. The van der Waals surface area contributed by atoms with Crippen molar-refractivity contribution in [3.63, 3.8) is 0 Å². The average molecular weight is 670 g/mol. The van der Waals surface area contributed by atoms with Crippen molar-refractivity contribution in [3.8, 4) is 11.1 Å². The van der Waals surface area contributed by atoms with Gasteiger partial charge in [0.1, 0.15) is 6.04 Å². The maximum absolute atomic E-state index is 13.4. The molecule has 0 radical (unpaired) electrons. The summed E-state index contributed by atoms with van der Waals surface area (Å²) >= 11 is 6.05. The van der Waals surface area contributed by atoms with E-state index < -0.39 is 29.6 Å². The normalized spacial score (nSPS) is 11.8. The van der Waals surface area contributed by atoms with Gasteiger partial charge in [-0.15, -0.1) is 0 Å². The van der Waals surface area contributed by atoms with E-state index in [1.54, 1.807) is 84.9 Å². The van der Waals surface area contributed by atoms with E-state index in [1.165, 1.54) is 12.1 Å². The Balaban J connectivity index is 1.25. The zero-order valence-corrected chi connectivity index (χ0v) is 26.5. The number of alkyl halides is 3. The molecule has 0 aromatic heterocycles. The molecule has 1 atom stereocenters. The van der Waals surface area contributed by atoms with Crippen molar-refractivity contribution in [3.05, 3.63) is 160 Å². The summed E-state index contributed by atoms with van der Waals surface area (Å²) in [7, 11) is 0. The number of halogens is 4. The molecule has 0 aliphatic carbocycles. The number of carbonyl (C=O) groups excluding carboxylic acids is 3. The molecular weight excluding hydrogens is 639 g/mol. The molecule has 5 rings (SSSR count). The maximum atomic E-state index is 13.4. The molecule has 0 aliphatic rings. The van der Waals surface area contributed by atoms with Crippen LogP contribution in [0.4, 0.5) is 18.9 Å². The second-order valence-electron chi connectivity index (χ2n) is 11.2. The predicted octanol–water partition coefficient (Wildman–Crippen LogP) is 8.30. The fourth-order valence-electron chi connectivity index (χ4n) is 5.22. The first-order chi connectivity index (χ1) is 23.0. The molecule has 5 aromatic carbocycles. The van der Waals surface area contributed by atoms with Crippen molar-refractivity contribution in [1.82, 2.24) is 10.6 Å². The van der Waals surface area contributed by atoms with Gasteiger partial charge in [0.15, 0.2) is 0 Å². The van der Waals surface area contributed by atoms with Gasteiger partial charge in [-0.2, -0.15) is 13.2 Å². The summed E-state index contributed by atoms with van der Waals surface area (Å²) in [6.45, 7) is 1.98. The van der Waals surface area contributed by atoms with E-state index in [1.807, 2.05) is 19.1 Å². The molecule has 244 valence electrons. The summed E-state index contributed by atoms with van der Waals surface area (Å²) in [5, 5.41) is 9.13. The highest BCUT2D eigenvalue weighted by Crippen LogP contribution is 2.32. The smallest absolute Gasteiger partial charge is 0.350 e. The molecule has 10 heteroatoms. The molecule has 6 nitrogen and oxygen atoms in total. The SMILES string of the molecule is Cc1cc(CNC(=O)C(NC(=O)Cc2cccc(Cl)c2)c2ccccc2)ccc1NC(=O)c1ccccc1-c1ccc(C(F)(F)F)cc1. The second kappa shape index (κ2) is 15.0. The molecule has 5 aromatic rings. The molecule has 0 bridgehead atoms. The van der Waals surface area contributed by atoms with Crippen LogP contribution in [0, 0.1) is 6.92 Å². The van der Waals surface area contributed by atoms with Gasteiger partial charge in [0.25, 0.3) is 5.91 Å². The number of nitrogens with one attached hydrogen (secondary N) is 3. The summed E-state index contributed by atoms with van der Waals surface area (Å²) in [6.07, 6.45) is -4.40. The molecule has 0 spiro atoms. The quantitative estimate of drug-likeness (QED) is 0.140. The highest BCUT2D eigenvalue weighted by atomic mass is 35.5. The highest BCUT2D eigenvalue weighted by Gasteiger charge is 2.30. The number of rotatable bonds is 10. The molecule has 3 N–H and O–H groups in total. The Morgan fingerprint density at radius 3 is 2.17 bits per heavy atom. The lowest BCUT2D eigenvalue weighted by molar-refractivity contribution is -0.137. The predicted molar refractivity (Wildman–Crippen MR) is 180 cm³/mol. The molecule has 1 unspecified atom stereocenters. The number of aryl methyl sites for hydroxylation is 1. The first-order valence-corrected chi connectivity index (χ1v) is 15.4. The number of amides is 3. The van der Waals surface area contributed by atoms with E-state index >= 15 is 0 Å². The van der Waals surface area contributed by atoms with Gasteiger partial charge < -0.3 is 16.0 Å². The Bertz CT molecular complexity index is 1930. The second-order valence-corrected chi connectivity index (χ2v) is 11.6. The minimum absolute atomic E-state index is 0.0539. The van der Waals surface area contributed by atoms with E-state index in [0.717, 1.165) is 28.8 Å². The third-order valence-corrected chi connectivity index (χ3v) is 7.89. The van der Waals surface area contributed by atoms with Gasteiger partial charge in [0, 0.05) is 22.8 Å². The van der Waals surface area contributed by atoms with Crippen LogP contribution in [0.5, 0.6) is 0 Å². The third kappa shape index (κ3) is 8.68. The van der Waals surface area contributed by atoms with Crippen LogP contribution in [0.3, 0.4) is 0 Å². The summed E-state index contributed by atoms with van der Waals surface area (Å²) in [5.74, 6) is -1.15. The Kier molecular flexibility index (Phi) is 10.6. The van der Waals surface area contributed by atoms with Gasteiger partial charge in [-0.25, -0.2) is 0 Å². The molecule has 3 amide bonds. The van der Waals surface area contributed by atoms with Gasteiger partial charge in [0.05, 0.1) is 12.0 Å². The fourth-order valence-corrected chi connectivity index (χ4v) is 5.43. The van der Waals surface area contributed by atoms with E-state index in [2.05, 4.69) is 16.0 Å². The van der Waals surface area contributed by atoms with Crippen LogP contribution in [-0.4, -0.2) is 17.7 Å². The van der Waals surface area contributed by atoms with Crippen molar-refractivity contribution >= 4 is 35.0 Å². The molecule has 48 heavy (non-hydrogen) atoms. The topological polar surface area (TPSA) is 87.3 Å². The number of hydrogen-bond acceptors (Lipinski definition) is 3. The number of hydrogen-bond donors (Lipinski definition) is 3. The summed E-state index contributed by atoms with van der Waals surface area (Å²) in [6, 6.07) is 31.6. The zero-order chi connectivity index (χ0) is 34.3. The molecule has 0 fully saturated rings. The Morgan fingerprint density at radius 1 is 0.771 bits per heavy atom. The van der Waals surface area contributed by atoms with Crippen LogP contribution < -0.4 is 16.0 Å².